The van der Waals surface area contributed by atoms with E-state index in [9.17, 15) is 14.9 Å². The summed E-state index contributed by atoms with van der Waals surface area (Å²) < 4.78 is 0. The van der Waals surface area contributed by atoms with E-state index in [1.54, 1.807) is 19.1 Å². The van der Waals surface area contributed by atoms with E-state index >= 15 is 0 Å². The Morgan fingerprint density at radius 3 is 2.61 bits per heavy atom. The molecule has 2 aromatic carbocycles. The molecule has 1 amide bonds. The molecule has 0 aliphatic carbocycles. The highest BCUT2D eigenvalue weighted by molar-refractivity contribution is 5.96. The molecule has 1 unspecified atom stereocenters. The summed E-state index contributed by atoms with van der Waals surface area (Å²) in [4.78, 5) is 25.8. The lowest BCUT2D eigenvalue weighted by Crippen LogP contribution is -2.41. The van der Waals surface area contributed by atoms with Crippen molar-refractivity contribution in [3.05, 3.63) is 76.3 Å². The smallest absolute Gasteiger partial charge is 0.293 e. The topological polar surface area (TPSA) is 101 Å². The molecule has 8 nitrogen and oxygen atoms in total. The number of nitrogens with zero attached hydrogens (tertiary/aromatic N) is 4. The van der Waals surface area contributed by atoms with Crippen molar-refractivity contribution in [2.45, 2.75) is 19.8 Å². The minimum atomic E-state index is -0.473. The number of carbonyl (C=O) groups is 1. The summed E-state index contributed by atoms with van der Waals surface area (Å²) >= 11 is 0. The lowest BCUT2D eigenvalue weighted by molar-refractivity contribution is -0.384. The van der Waals surface area contributed by atoms with Crippen LogP contribution in [0, 0.1) is 23.0 Å². The SMILES string of the molecule is Cc1cccc([N+](=O)[O-])c1NC(=O)C1CCCN(c2ccc(-c3ccccc3)nn2)C1. The van der Waals surface area contributed by atoms with Gasteiger partial charge in [-0.15, -0.1) is 10.2 Å². The van der Waals surface area contributed by atoms with E-state index < -0.39 is 4.92 Å². The third kappa shape index (κ3) is 4.53. The van der Waals surface area contributed by atoms with Crippen molar-refractivity contribution in [3.63, 3.8) is 0 Å². The van der Waals surface area contributed by atoms with Gasteiger partial charge in [-0.25, -0.2) is 0 Å². The fraction of sp³-hybridized carbons (Fsp3) is 0.261. The summed E-state index contributed by atoms with van der Waals surface area (Å²) in [5.74, 6) is 0.221. The highest BCUT2D eigenvalue weighted by Gasteiger charge is 2.28. The normalized spacial score (nSPS) is 16.0. The van der Waals surface area contributed by atoms with Gasteiger partial charge in [-0.3, -0.25) is 14.9 Å². The Labute approximate surface area is 180 Å². The first-order valence-electron chi connectivity index (χ1n) is 10.2. The number of hydrogen-bond acceptors (Lipinski definition) is 6. The highest BCUT2D eigenvalue weighted by Crippen LogP contribution is 2.30. The molecule has 8 heteroatoms. The van der Waals surface area contributed by atoms with Gasteiger partial charge in [0.25, 0.3) is 5.69 Å². The van der Waals surface area contributed by atoms with Crippen LogP contribution in [0.5, 0.6) is 0 Å². The number of aromatic nitrogens is 2. The zero-order valence-electron chi connectivity index (χ0n) is 17.2. The van der Waals surface area contributed by atoms with E-state index in [-0.39, 0.29) is 23.2 Å². The molecule has 0 saturated carbocycles. The third-order valence-corrected chi connectivity index (χ3v) is 5.53. The van der Waals surface area contributed by atoms with E-state index in [0.29, 0.717) is 12.1 Å². The van der Waals surface area contributed by atoms with Crippen molar-refractivity contribution in [3.8, 4) is 11.3 Å². The summed E-state index contributed by atoms with van der Waals surface area (Å²) in [5, 5.41) is 22.8. The number of carbonyl (C=O) groups excluding carboxylic acids is 1. The molecule has 2 heterocycles. The number of piperidine rings is 1. The summed E-state index contributed by atoms with van der Waals surface area (Å²) in [6, 6.07) is 18.4. The van der Waals surface area contributed by atoms with Gasteiger partial charge >= 0.3 is 0 Å². The predicted molar refractivity (Wildman–Crippen MR) is 119 cm³/mol. The third-order valence-electron chi connectivity index (χ3n) is 5.53. The lowest BCUT2D eigenvalue weighted by atomic mass is 9.96. The number of nitrogens with one attached hydrogen (secondary N) is 1. The maximum Gasteiger partial charge on any atom is 0.293 e. The molecule has 4 rings (SSSR count). The fourth-order valence-electron chi connectivity index (χ4n) is 3.85. The van der Waals surface area contributed by atoms with Crippen LogP contribution < -0.4 is 10.2 Å². The quantitative estimate of drug-likeness (QED) is 0.493. The molecule has 1 atom stereocenters. The van der Waals surface area contributed by atoms with Crippen molar-refractivity contribution in [1.82, 2.24) is 10.2 Å². The van der Waals surface area contributed by atoms with Gasteiger partial charge in [-0.05, 0) is 37.5 Å². The van der Waals surface area contributed by atoms with Crippen molar-refractivity contribution in [2.24, 2.45) is 5.92 Å². The Morgan fingerprint density at radius 1 is 1.10 bits per heavy atom. The van der Waals surface area contributed by atoms with E-state index in [1.807, 2.05) is 47.4 Å². The van der Waals surface area contributed by atoms with Gasteiger partial charge in [-0.1, -0.05) is 42.5 Å². The maximum atomic E-state index is 12.9. The molecule has 1 saturated heterocycles. The Morgan fingerprint density at radius 2 is 1.90 bits per heavy atom. The molecule has 1 aromatic heterocycles. The van der Waals surface area contributed by atoms with Gasteiger partial charge in [0.15, 0.2) is 5.82 Å². The number of anilines is 2. The van der Waals surface area contributed by atoms with Gasteiger partial charge in [0.05, 0.1) is 16.5 Å². The zero-order chi connectivity index (χ0) is 21.8. The van der Waals surface area contributed by atoms with Crippen LogP contribution in [0.15, 0.2) is 60.7 Å². The zero-order valence-corrected chi connectivity index (χ0v) is 17.2. The highest BCUT2D eigenvalue weighted by atomic mass is 16.6. The van der Waals surface area contributed by atoms with Crippen molar-refractivity contribution in [2.75, 3.05) is 23.3 Å². The molecule has 1 N–H and O–H groups in total. The minimum absolute atomic E-state index is 0.0941. The van der Waals surface area contributed by atoms with Crippen LogP contribution >= 0.6 is 0 Å². The van der Waals surface area contributed by atoms with E-state index in [0.717, 1.165) is 36.5 Å². The van der Waals surface area contributed by atoms with Crippen molar-refractivity contribution in [1.29, 1.82) is 0 Å². The van der Waals surface area contributed by atoms with Crippen LogP contribution in [0.4, 0.5) is 17.2 Å². The van der Waals surface area contributed by atoms with Gasteiger partial charge < -0.3 is 10.2 Å². The molecule has 0 bridgehead atoms. The van der Waals surface area contributed by atoms with E-state index in [1.165, 1.54) is 6.07 Å². The Bertz CT molecular complexity index is 1090. The fourth-order valence-corrected chi connectivity index (χ4v) is 3.85. The number of nitro groups is 1. The summed E-state index contributed by atoms with van der Waals surface area (Å²) in [6.45, 7) is 3.03. The molecule has 158 valence electrons. The van der Waals surface area contributed by atoms with Crippen LogP contribution in [-0.2, 0) is 4.79 Å². The van der Waals surface area contributed by atoms with Crippen LogP contribution in [0.1, 0.15) is 18.4 Å². The van der Waals surface area contributed by atoms with Gasteiger partial charge in [0.1, 0.15) is 5.69 Å². The first-order valence-corrected chi connectivity index (χ1v) is 10.2. The lowest BCUT2D eigenvalue weighted by Gasteiger charge is -2.32. The van der Waals surface area contributed by atoms with Crippen LogP contribution in [-0.4, -0.2) is 34.1 Å². The molecule has 31 heavy (non-hydrogen) atoms. The van der Waals surface area contributed by atoms with Crippen LogP contribution in [0.3, 0.4) is 0 Å². The number of rotatable bonds is 5. The number of benzene rings is 2. The first kappa shape index (κ1) is 20.5. The van der Waals surface area contributed by atoms with E-state index in [2.05, 4.69) is 15.5 Å². The molecule has 1 aliphatic rings. The second-order valence-corrected chi connectivity index (χ2v) is 7.64. The molecule has 0 spiro atoms. The monoisotopic (exact) mass is 417 g/mol. The molecular formula is C23H23N5O3. The van der Waals surface area contributed by atoms with E-state index in [4.69, 9.17) is 0 Å². The Kier molecular flexibility index (Phi) is 5.88. The summed E-state index contributed by atoms with van der Waals surface area (Å²) in [7, 11) is 0. The molecule has 3 aromatic rings. The van der Waals surface area contributed by atoms with Crippen LogP contribution in [0.2, 0.25) is 0 Å². The minimum Gasteiger partial charge on any atom is -0.354 e. The largest absolute Gasteiger partial charge is 0.354 e. The van der Waals surface area contributed by atoms with Crippen molar-refractivity contribution < 1.29 is 9.72 Å². The summed E-state index contributed by atoms with van der Waals surface area (Å²) in [5.41, 5.74) is 2.63. The van der Waals surface area contributed by atoms with Crippen molar-refractivity contribution >= 4 is 23.1 Å². The number of hydrogen-bond donors (Lipinski definition) is 1. The van der Waals surface area contributed by atoms with Gasteiger partial charge in [0, 0.05) is 24.7 Å². The number of nitro benzene ring substituents is 1. The second-order valence-electron chi connectivity index (χ2n) is 7.64. The number of amides is 1. The van der Waals surface area contributed by atoms with Gasteiger partial charge in [0.2, 0.25) is 5.91 Å². The molecule has 1 aliphatic heterocycles. The Hall–Kier alpha value is -3.81. The summed E-state index contributed by atoms with van der Waals surface area (Å²) in [6.07, 6.45) is 1.55. The number of para-hydroxylation sites is 1. The average molecular weight is 417 g/mol. The molecule has 1 fully saturated rings. The Balaban J connectivity index is 1.47. The molecular weight excluding hydrogens is 394 g/mol. The maximum absolute atomic E-state index is 12.9. The molecule has 0 radical (unpaired) electrons. The first-order chi connectivity index (χ1) is 15.0. The number of aryl methyl sites for hydroxylation is 1. The standard InChI is InChI=1S/C23H23N5O3/c1-16-7-5-11-20(28(30)31)22(16)24-23(29)18-10-6-14-27(15-18)21-13-12-19(25-26-21)17-8-3-2-4-9-17/h2-5,7-9,11-13,18H,6,10,14-15H2,1H3,(H,24,29). The van der Waals surface area contributed by atoms with Gasteiger partial charge in [-0.2, -0.15) is 0 Å². The second kappa shape index (κ2) is 8.91. The predicted octanol–water partition coefficient (Wildman–Crippen LogP) is 4.22. The average Bonchev–Trinajstić information content (AvgIpc) is 2.81. The van der Waals surface area contributed by atoms with Crippen LogP contribution in [0.25, 0.3) is 11.3 Å².